The van der Waals surface area contributed by atoms with E-state index in [0.717, 1.165) is 11.1 Å². The first-order valence-corrected chi connectivity index (χ1v) is 9.08. The van der Waals surface area contributed by atoms with Gasteiger partial charge in [-0.2, -0.15) is 0 Å². The van der Waals surface area contributed by atoms with Crippen LogP contribution in [0.15, 0.2) is 36.4 Å². The molecule has 0 amide bonds. The molecule has 1 aromatic heterocycles. The van der Waals surface area contributed by atoms with Crippen molar-refractivity contribution in [3.63, 3.8) is 0 Å². The Balaban J connectivity index is 2.04. The van der Waals surface area contributed by atoms with E-state index in [9.17, 15) is 0 Å². The molecule has 150 valence electrons. The Bertz CT molecular complexity index is 1030. The molecule has 0 saturated carbocycles. The summed E-state index contributed by atoms with van der Waals surface area (Å²) in [6.07, 6.45) is 5.50. The van der Waals surface area contributed by atoms with Gasteiger partial charge in [-0.3, -0.25) is 0 Å². The largest absolute Gasteiger partial charge is 0.487 e. The molecule has 3 aromatic rings. The molecular weight excluding hydrogens is 370 g/mol. The van der Waals surface area contributed by atoms with Crippen molar-refractivity contribution in [2.45, 2.75) is 0 Å². The van der Waals surface area contributed by atoms with Crippen LogP contribution < -0.4 is 15.2 Å². The quantitative estimate of drug-likeness (QED) is 0.442. The molecule has 0 saturated heterocycles. The molecule has 2 N–H and O–H groups in total. The number of aromatic nitrogens is 2. The maximum absolute atomic E-state index is 6.23. The summed E-state index contributed by atoms with van der Waals surface area (Å²) in [5, 5.41) is 0.674. The second kappa shape index (κ2) is 9.73. The van der Waals surface area contributed by atoms with E-state index in [4.69, 9.17) is 31.1 Å². The van der Waals surface area contributed by atoms with Gasteiger partial charge in [0.05, 0.1) is 18.7 Å². The van der Waals surface area contributed by atoms with E-state index in [-0.39, 0.29) is 0 Å². The first-order chi connectivity index (χ1) is 14.2. The lowest BCUT2D eigenvalue weighted by Crippen LogP contribution is -2.09. The molecule has 0 aliphatic rings. The fourth-order valence-corrected chi connectivity index (χ4v) is 2.73. The van der Waals surface area contributed by atoms with Gasteiger partial charge in [0, 0.05) is 36.8 Å². The zero-order valence-electron chi connectivity index (χ0n) is 16.5. The van der Waals surface area contributed by atoms with E-state index < -0.39 is 0 Å². The summed E-state index contributed by atoms with van der Waals surface area (Å²) in [6.45, 7) is 1.65. The van der Waals surface area contributed by atoms with Crippen LogP contribution >= 0.6 is 0 Å². The van der Waals surface area contributed by atoms with Crippen LogP contribution in [0.1, 0.15) is 5.56 Å². The molecule has 0 bridgehead atoms. The summed E-state index contributed by atoms with van der Waals surface area (Å²) in [7, 11) is 3.23. The maximum atomic E-state index is 6.23. The molecule has 0 spiro atoms. The number of anilines is 1. The highest BCUT2D eigenvalue weighted by atomic mass is 16.5. The van der Waals surface area contributed by atoms with E-state index in [1.165, 1.54) is 0 Å². The maximum Gasteiger partial charge on any atom is 0.163 e. The lowest BCUT2D eigenvalue weighted by atomic mass is 10.1. The second-order valence-corrected chi connectivity index (χ2v) is 6.16. The van der Waals surface area contributed by atoms with E-state index in [1.807, 2.05) is 24.3 Å². The van der Waals surface area contributed by atoms with Crippen LogP contribution in [0.4, 0.5) is 5.82 Å². The van der Waals surface area contributed by atoms with E-state index in [2.05, 4.69) is 15.9 Å². The van der Waals surface area contributed by atoms with Crippen molar-refractivity contribution in [1.29, 1.82) is 0 Å². The Hall–Kier alpha value is -3.34. The van der Waals surface area contributed by atoms with Gasteiger partial charge < -0.3 is 24.7 Å². The van der Waals surface area contributed by atoms with Crippen molar-refractivity contribution in [3.05, 3.63) is 42.0 Å². The summed E-state index contributed by atoms with van der Waals surface area (Å²) in [6, 6.07) is 11.0. The number of hydrogen-bond acceptors (Lipinski definition) is 7. The Morgan fingerprint density at radius 3 is 2.28 bits per heavy atom. The van der Waals surface area contributed by atoms with Crippen molar-refractivity contribution >= 4 is 16.7 Å². The van der Waals surface area contributed by atoms with Gasteiger partial charge in [0.2, 0.25) is 0 Å². The van der Waals surface area contributed by atoms with Crippen LogP contribution in [0.2, 0.25) is 0 Å². The minimum absolute atomic E-state index is 0.344. The van der Waals surface area contributed by atoms with Crippen LogP contribution in [-0.2, 0) is 9.47 Å². The highest BCUT2D eigenvalue weighted by Gasteiger charge is 2.14. The molecule has 0 unspecified atom stereocenters. The first-order valence-electron chi connectivity index (χ1n) is 9.08. The standard InChI is InChI=1S/C22H23N3O4/c1-4-15-6-5-7-16(12-15)22-24-18-14-20(29-11-9-27-3)19(28-10-8-26-2)13-17(18)21(23)25-22/h1,5-7,12-14H,8-11H2,2-3H3,(H2,23,24,25). The predicted octanol–water partition coefficient (Wildman–Crippen LogP) is 2.91. The molecule has 2 aromatic carbocycles. The lowest BCUT2D eigenvalue weighted by molar-refractivity contribution is 0.132. The highest BCUT2D eigenvalue weighted by Crippen LogP contribution is 2.35. The Morgan fingerprint density at radius 1 is 0.931 bits per heavy atom. The summed E-state index contributed by atoms with van der Waals surface area (Å²) in [5.41, 5.74) is 8.41. The van der Waals surface area contributed by atoms with Crippen LogP contribution in [0.5, 0.6) is 11.5 Å². The lowest BCUT2D eigenvalue weighted by Gasteiger charge is -2.15. The molecular formula is C22H23N3O4. The van der Waals surface area contributed by atoms with Gasteiger partial charge in [-0.05, 0) is 18.2 Å². The van der Waals surface area contributed by atoms with E-state index >= 15 is 0 Å². The van der Waals surface area contributed by atoms with Crippen LogP contribution in [0.3, 0.4) is 0 Å². The van der Waals surface area contributed by atoms with Gasteiger partial charge in [-0.15, -0.1) is 6.42 Å². The summed E-state index contributed by atoms with van der Waals surface area (Å²) < 4.78 is 21.7. The molecule has 7 heteroatoms. The average Bonchev–Trinajstić information content (AvgIpc) is 2.74. The number of terminal acetylenes is 1. The van der Waals surface area contributed by atoms with E-state index in [1.54, 1.807) is 26.4 Å². The van der Waals surface area contributed by atoms with Gasteiger partial charge in [-0.25, -0.2) is 9.97 Å². The van der Waals surface area contributed by atoms with Crippen molar-refractivity contribution in [1.82, 2.24) is 9.97 Å². The third kappa shape index (κ3) is 4.93. The molecule has 0 aliphatic heterocycles. The van der Waals surface area contributed by atoms with Gasteiger partial charge in [0.15, 0.2) is 17.3 Å². The molecule has 29 heavy (non-hydrogen) atoms. The minimum atomic E-state index is 0.344. The summed E-state index contributed by atoms with van der Waals surface area (Å²) in [5.74, 6) is 4.54. The third-order valence-electron chi connectivity index (χ3n) is 4.17. The Morgan fingerprint density at radius 2 is 1.62 bits per heavy atom. The van der Waals surface area contributed by atoms with Crippen molar-refractivity contribution < 1.29 is 18.9 Å². The number of nitrogens with two attached hydrogens (primary N) is 1. The molecule has 1 heterocycles. The number of rotatable bonds is 9. The third-order valence-corrected chi connectivity index (χ3v) is 4.17. The fraction of sp³-hybridized carbons (Fsp3) is 0.273. The van der Waals surface area contributed by atoms with Crippen LogP contribution in [0, 0.1) is 12.3 Å². The first kappa shape index (κ1) is 20.4. The Kier molecular flexibility index (Phi) is 6.85. The van der Waals surface area contributed by atoms with Crippen molar-refractivity contribution in [2.24, 2.45) is 0 Å². The van der Waals surface area contributed by atoms with Crippen LogP contribution in [-0.4, -0.2) is 50.6 Å². The zero-order valence-corrected chi connectivity index (χ0v) is 16.5. The van der Waals surface area contributed by atoms with E-state index in [0.29, 0.717) is 60.5 Å². The Labute approximate surface area is 169 Å². The number of nitrogen functional groups attached to an aromatic ring is 1. The second-order valence-electron chi connectivity index (χ2n) is 6.16. The number of fused-ring (bicyclic) bond motifs is 1. The SMILES string of the molecule is C#Cc1cccc(-c2nc(N)c3cc(OCCOC)c(OCCOC)cc3n2)c1. The monoisotopic (exact) mass is 393 g/mol. The number of ether oxygens (including phenoxy) is 4. The molecule has 0 radical (unpaired) electrons. The molecule has 7 nitrogen and oxygen atoms in total. The molecule has 0 aliphatic carbocycles. The number of nitrogens with zero attached hydrogens (tertiary/aromatic N) is 2. The number of hydrogen-bond donors (Lipinski definition) is 1. The average molecular weight is 393 g/mol. The topological polar surface area (TPSA) is 88.7 Å². The minimum Gasteiger partial charge on any atom is -0.487 e. The van der Waals surface area contributed by atoms with Crippen molar-refractivity contribution in [2.75, 3.05) is 46.4 Å². The highest BCUT2D eigenvalue weighted by molar-refractivity contribution is 5.92. The molecule has 0 atom stereocenters. The smallest absolute Gasteiger partial charge is 0.163 e. The normalized spacial score (nSPS) is 10.7. The summed E-state index contributed by atoms with van der Waals surface area (Å²) >= 11 is 0. The van der Waals surface area contributed by atoms with Crippen LogP contribution in [0.25, 0.3) is 22.3 Å². The molecule has 0 fully saturated rings. The fourth-order valence-electron chi connectivity index (χ4n) is 2.73. The van der Waals surface area contributed by atoms with Gasteiger partial charge in [0.25, 0.3) is 0 Å². The number of benzene rings is 2. The zero-order chi connectivity index (χ0) is 20.6. The summed E-state index contributed by atoms with van der Waals surface area (Å²) in [4.78, 5) is 9.10. The van der Waals surface area contributed by atoms with Gasteiger partial charge >= 0.3 is 0 Å². The predicted molar refractivity (Wildman–Crippen MR) is 112 cm³/mol. The van der Waals surface area contributed by atoms with Gasteiger partial charge in [-0.1, -0.05) is 18.1 Å². The molecule has 3 rings (SSSR count). The van der Waals surface area contributed by atoms with Gasteiger partial charge in [0.1, 0.15) is 19.0 Å². The van der Waals surface area contributed by atoms with Crippen molar-refractivity contribution in [3.8, 4) is 35.2 Å². The number of methoxy groups -OCH3 is 2.